The monoisotopic (exact) mass is 442 g/mol. The van der Waals surface area contributed by atoms with E-state index in [9.17, 15) is 4.79 Å². The summed E-state index contributed by atoms with van der Waals surface area (Å²) >= 11 is 11.9. The van der Waals surface area contributed by atoms with Crippen molar-refractivity contribution in [2.45, 2.75) is 13.5 Å². The topological polar surface area (TPSA) is 59.9 Å². The molecule has 1 amide bonds. The number of hydrogen-bond donors (Lipinski definition) is 1. The second-order valence-electron chi connectivity index (χ2n) is 6.51. The number of carbonyl (C=O) groups is 1. The van der Waals surface area contributed by atoms with E-state index in [0.717, 1.165) is 11.1 Å². The van der Waals surface area contributed by atoms with E-state index in [2.05, 4.69) is 16.6 Å². The number of rotatable bonds is 7. The first-order valence-corrected chi connectivity index (χ1v) is 9.86. The highest BCUT2D eigenvalue weighted by atomic mass is 35.5. The van der Waals surface area contributed by atoms with E-state index in [4.69, 9.17) is 32.7 Å². The summed E-state index contributed by atoms with van der Waals surface area (Å²) in [6, 6.07) is 18.1. The number of amides is 1. The van der Waals surface area contributed by atoms with Crippen LogP contribution in [0.3, 0.4) is 0 Å². The second-order valence-corrected chi connectivity index (χ2v) is 7.35. The molecule has 0 unspecified atom stereocenters. The Labute approximate surface area is 185 Å². The standard InChI is InChI=1S/C23H20Cl2N2O3/c1-15-4-3-5-17(10-15)14-30-21-9-6-16(11-22(21)29-2)13-26-27-23(28)19-8-7-18(24)12-20(19)25/h3-13H,14H2,1-2H3,(H,27,28)/b26-13+. The molecule has 30 heavy (non-hydrogen) atoms. The summed E-state index contributed by atoms with van der Waals surface area (Å²) in [4.78, 5) is 12.2. The van der Waals surface area contributed by atoms with Gasteiger partial charge in [0.2, 0.25) is 0 Å². The number of carbonyl (C=O) groups excluding carboxylic acids is 1. The summed E-state index contributed by atoms with van der Waals surface area (Å²) in [6.07, 6.45) is 1.51. The molecule has 0 aliphatic heterocycles. The zero-order chi connectivity index (χ0) is 21.5. The number of hydrogen-bond acceptors (Lipinski definition) is 4. The van der Waals surface area contributed by atoms with Crippen molar-refractivity contribution < 1.29 is 14.3 Å². The van der Waals surface area contributed by atoms with Crippen LogP contribution < -0.4 is 14.9 Å². The predicted octanol–water partition coefficient (Wildman–Crippen LogP) is 5.65. The van der Waals surface area contributed by atoms with Gasteiger partial charge in [0.05, 0.1) is 23.9 Å². The number of methoxy groups -OCH3 is 1. The molecule has 0 bridgehead atoms. The summed E-state index contributed by atoms with van der Waals surface area (Å²) in [5, 5.41) is 4.69. The number of aryl methyl sites for hydroxylation is 1. The van der Waals surface area contributed by atoms with Crippen LogP contribution >= 0.6 is 23.2 Å². The van der Waals surface area contributed by atoms with E-state index in [1.165, 1.54) is 17.8 Å². The smallest absolute Gasteiger partial charge is 0.272 e. The second kappa shape index (κ2) is 10.1. The summed E-state index contributed by atoms with van der Waals surface area (Å²) < 4.78 is 11.3. The van der Waals surface area contributed by atoms with Gasteiger partial charge in [0.15, 0.2) is 11.5 Å². The van der Waals surface area contributed by atoms with Gasteiger partial charge < -0.3 is 9.47 Å². The average Bonchev–Trinajstić information content (AvgIpc) is 2.72. The normalized spacial score (nSPS) is 10.8. The van der Waals surface area contributed by atoms with E-state index in [1.54, 1.807) is 31.4 Å². The molecule has 3 rings (SSSR count). The van der Waals surface area contributed by atoms with Gasteiger partial charge in [-0.05, 0) is 54.4 Å². The fourth-order valence-electron chi connectivity index (χ4n) is 2.75. The van der Waals surface area contributed by atoms with Crippen LogP contribution in [-0.4, -0.2) is 19.2 Å². The zero-order valence-corrected chi connectivity index (χ0v) is 18.0. The minimum Gasteiger partial charge on any atom is -0.493 e. The maximum Gasteiger partial charge on any atom is 0.272 e. The number of hydrazone groups is 1. The van der Waals surface area contributed by atoms with E-state index >= 15 is 0 Å². The maximum absolute atomic E-state index is 12.2. The van der Waals surface area contributed by atoms with Gasteiger partial charge in [0, 0.05) is 5.02 Å². The Morgan fingerprint density at radius 2 is 1.90 bits per heavy atom. The van der Waals surface area contributed by atoms with E-state index in [0.29, 0.717) is 23.1 Å². The highest BCUT2D eigenvalue weighted by Crippen LogP contribution is 2.28. The van der Waals surface area contributed by atoms with Crippen LogP contribution in [0.25, 0.3) is 0 Å². The minimum atomic E-state index is -0.432. The van der Waals surface area contributed by atoms with Crippen molar-refractivity contribution in [3.05, 3.63) is 93.0 Å². The summed E-state index contributed by atoms with van der Waals surface area (Å²) in [5.41, 5.74) is 5.72. The van der Waals surface area contributed by atoms with Crippen LogP contribution in [0.1, 0.15) is 27.0 Å². The van der Waals surface area contributed by atoms with Gasteiger partial charge in [-0.15, -0.1) is 0 Å². The zero-order valence-electron chi connectivity index (χ0n) is 16.5. The first kappa shape index (κ1) is 21.7. The molecule has 7 heteroatoms. The van der Waals surface area contributed by atoms with Gasteiger partial charge in [0.25, 0.3) is 5.91 Å². The lowest BCUT2D eigenvalue weighted by Gasteiger charge is -2.11. The molecule has 0 radical (unpaired) electrons. The lowest BCUT2D eigenvalue weighted by molar-refractivity contribution is 0.0955. The molecule has 154 valence electrons. The van der Waals surface area contributed by atoms with Gasteiger partial charge in [0.1, 0.15) is 6.61 Å². The van der Waals surface area contributed by atoms with Crippen LogP contribution in [0.2, 0.25) is 10.0 Å². The third-order valence-electron chi connectivity index (χ3n) is 4.22. The quantitative estimate of drug-likeness (QED) is 0.379. The highest BCUT2D eigenvalue weighted by molar-refractivity contribution is 6.36. The van der Waals surface area contributed by atoms with Gasteiger partial charge in [-0.25, -0.2) is 5.43 Å². The Morgan fingerprint density at radius 3 is 2.63 bits per heavy atom. The van der Waals surface area contributed by atoms with E-state index in [-0.39, 0.29) is 10.6 Å². The molecule has 3 aromatic rings. The Bertz CT molecular complexity index is 1080. The Hall–Kier alpha value is -3.02. The van der Waals surface area contributed by atoms with Crippen molar-refractivity contribution in [3.8, 4) is 11.5 Å². The largest absolute Gasteiger partial charge is 0.493 e. The van der Waals surface area contributed by atoms with Gasteiger partial charge in [-0.1, -0.05) is 53.0 Å². The van der Waals surface area contributed by atoms with Crippen molar-refractivity contribution >= 4 is 35.3 Å². The Kier molecular flexibility index (Phi) is 7.33. The van der Waals surface area contributed by atoms with Crippen LogP contribution in [0.4, 0.5) is 0 Å². The third kappa shape index (κ3) is 5.75. The lowest BCUT2D eigenvalue weighted by atomic mass is 10.1. The highest BCUT2D eigenvalue weighted by Gasteiger charge is 2.10. The van der Waals surface area contributed by atoms with E-state index < -0.39 is 5.91 Å². The molecule has 0 saturated heterocycles. The lowest BCUT2D eigenvalue weighted by Crippen LogP contribution is -2.18. The number of nitrogens with one attached hydrogen (secondary N) is 1. The van der Waals surface area contributed by atoms with E-state index in [1.807, 2.05) is 31.2 Å². The SMILES string of the molecule is COc1cc(/C=N/NC(=O)c2ccc(Cl)cc2Cl)ccc1OCc1cccc(C)c1. The molecule has 1 N–H and O–H groups in total. The minimum absolute atomic E-state index is 0.256. The van der Waals surface area contributed by atoms with Crippen LogP contribution in [0.15, 0.2) is 65.8 Å². The molecular formula is C23H20Cl2N2O3. The Morgan fingerprint density at radius 1 is 1.07 bits per heavy atom. The first-order valence-electron chi connectivity index (χ1n) is 9.11. The van der Waals surface area contributed by atoms with Crippen LogP contribution in [-0.2, 0) is 6.61 Å². The van der Waals surface area contributed by atoms with Gasteiger partial charge >= 0.3 is 0 Å². The van der Waals surface area contributed by atoms with Crippen LogP contribution in [0.5, 0.6) is 11.5 Å². The predicted molar refractivity (Wildman–Crippen MR) is 120 cm³/mol. The summed E-state index contributed by atoms with van der Waals surface area (Å²) in [5.74, 6) is 0.754. The molecule has 0 fully saturated rings. The maximum atomic E-state index is 12.2. The molecule has 0 aromatic heterocycles. The fourth-order valence-corrected chi connectivity index (χ4v) is 3.24. The molecule has 0 aliphatic rings. The van der Waals surface area contributed by atoms with Crippen molar-refractivity contribution in [3.63, 3.8) is 0 Å². The fraction of sp³-hybridized carbons (Fsp3) is 0.130. The number of halogens is 2. The molecule has 0 spiro atoms. The third-order valence-corrected chi connectivity index (χ3v) is 4.77. The number of nitrogens with zero attached hydrogens (tertiary/aromatic N) is 1. The molecule has 3 aromatic carbocycles. The van der Waals surface area contributed by atoms with Crippen molar-refractivity contribution in [1.82, 2.24) is 5.43 Å². The van der Waals surface area contributed by atoms with Crippen molar-refractivity contribution in [2.24, 2.45) is 5.10 Å². The molecule has 0 aliphatic carbocycles. The first-order chi connectivity index (χ1) is 14.5. The average molecular weight is 443 g/mol. The molecule has 0 saturated carbocycles. The summed E-state index contributed by atoms with van der Waals surface area (Å²) in [7, 11) is 1.57. The molecule has 0 heterocycles. The van der Waals surface area contributed by atoms with Gasteiger partial charge in [-0.3, -0.25) is 4.79 Å². The number of ether oxygens (including phenoxy) is 2. The number of benzene rings is 3. The molecule has 5 nitrogen and oxygen atoms in total. The Balaban J connectivity index is 1.64. The molecular weight excluding hydrogens is 423 g/mol. The van der Waals surface area contributed by atoms with Gasteiger partial charge in [-0.2, -0.15) is 5.10 Å². The van der Waals surface area contributed by atoms with Crippen molar-refractivity contribution in [2.75, 3.05) is 7.11 Å². The van der Waals surface area contributed by atoms with Crippen LogP contribution in [0, 0.1) is 6.92 Å². The summed E-state index contributed by atoms with van der Waals surface area (Å²) in [6.45, 7) is 2.47. The molecule has 0 atom stereocenters. The van der Waals surface area contributed by atoms with Crippen molar-refractivity contribution in [1.29, 1.82) is 0 Å².